The molecule has 0 saturated carbocycles. The molecule has 4 heteroatoms. The Morgan fingerprint density at radius 2 is 1.45 bits per heavy atom. The van der Waals surface area contributed by atoms with Gasteiger partial charge in [0, 0.05) is 11.1 Å². The molecule has 1 nitrogen and oxygen atoms in total. The Hall–Kier alpha value is -3.27. The standard InChI is InChI=1S/C38H45F3O/c1-3-5-7-8-9-10-12-26-42-36-25-24-34(37(40)38(36)41)31-20-18-30(19-21-31)33-23-22-32(27-35(33)39)29-16-14-28(15-17-29)13-11-6-4-2/h4,6,16,18-25,27-28H,3,5,7-15,17,26H2,1-2H3/b6-4+. The minimum Gasteiger partial charge on any atom is -0.490 e. The van der Waals surface area contributed by atoms with Gasteiger partial charge in [0.2, 0.25) is 5.82 Å². The molecule has 3 aromatic rings. The molecule has 0 spiro atoms. The fourth-order valence-corrected chi connectivity index (χ4v) is 5.80. The number of unbranched alkanes of at least 4 members (excludes halogenated alkanes) is 6. The first-order valence-corrected chi connectivity index (χ1v) is 15.8. The summed E-state index contributed by atoms with van der Waals surface area (Å²) in [7, 11) is 0. The van der Waals surface area contributed by atoms with Gasteiger partial charge < -0.3 is 4.74 Å². The number of rotatable bonds is 15. The van der Waals surface area contributed by atoms with Gasteiger partial charge in [-0.2, -0.15) is 4.39 Å². The van der Waals surface area contributed by atoms with Crippen LogP contribution in [-0.2, 0) is 0 Å². The van der Waals surface area contributed by atoms with Crippen molar-refractivity contribution in [1.82, 2.24) is 0 Å². The average Bonchev–Trinajstić information content (AvgIpc) is 3.01. The molecule has 0 saturated heterocycles. The summed E-state index contributed by atoms with van der Waals surface area (Å²) < 4.78 is 50.5. The molecular formula is C38H45F3O. The number of allylic oxidation sites excluding steroid dienone is 4. The lowest BCUT2D eigenvalue weighted by atomic mass is 9.84. The van der Waals surface area contributed by atoms with Gasteiger partial charge in [0.15, 0.2) is 11.6 Å². The predicted molar refractivity (Wildman–Crippen MR) is 170 cm³/mol. The summed E-state index contributed by atoms with van der Waals surface area (Å²) in [5.41, 5.74) is 4.03. The lowest BCUT2D eigenvalue weighted by Crippen LogP contribution is -2.05. The average molecular weight is 575 g/mol. The summed E-state index contributed by atoms with van der Waals surface area (Å²) in [5, 5.41) is 0. The maximum absolute atomic E-state index is 15.2. The molecule has 0 radical (unpaired) electrons. The molecule has 1 aliphatic rings. The van der Waals surface area contributed by atoms with Gasteiger partial charge in [0.25, 0.3) is 0 Å². The molecule has 0 N–H and O–H groups in total. The van der Waals surface area contributed by atoms with Crippen LogP contribution in [0.1, 0.15) is 96.5 Å². The molecule has 4 rings (SSSR count). The van der Waals surface area contributed by atoms with E-state index in [0.717, 1.165) is 50.5 Å². The zero-order valence-electron chi connectivity index (χ0n) is 25.2. The molecule has 1 unspecified atom stereocenters. The number of hydrogen-bond donors (Lipinski definition) is 0. The van der Waals surface area contributed by atoms with E-state index in [1.807, 2.05) is 12.1 Å². The van der Waals surface area contributed by atoms with E-state index in [0.29, 0.717) is 29.2 Å². The first kappa shape index (κ1) is 31.7. The lowest BCUT2D eigenvalue weighted by Gasteiger charge is -2.22. The van der Waals surface area contributed by atoms with Crippen LogP contribution in [0.25, 0.3) is 27.8 Å². The molecule has 0 fully saturated rings. The van der Waals surface area contributed by atoms with Crippen molar-refractivity contribution in [3.05, 3.63) is 95.8 Å². The third-order valence-electron chi connectivity index (χ3n) is 8.40. The predicted octanol–water partition coefficient (Wildman–Crippen LogP) is 12.1. The molecule has 0 amide bonds. The fourth-order valence-electron chi connectivity index (χ4n) is 5.80. The van der Waals surface area contributed by atoms with Crippen molar-refractivity contribution in [1.29, 1.82) is 0 Å². The second-order valence-electron chi connectivity index (χ2n) is 11.5. The molecule has 0 heterocycles. The van der Waals surface area contributed by atoms with Gasteiger partial charge in [0.05, 0.1) is 6.61 Å². The molecular weight excluding hydrogens is 529 g/mol. The normalized spacial score (nSPS) is 15.3. The molecule has 3 aromatic carbocycles. The van der Waals surface area contributed by atoms with Crippen molar-refractivity contribution >= 4 is 5.57 Å². The van der Waals surface area contributed by atoms with Crippen LogP contribution >= 0.6 is 0 Å². The van der Waals surface area contributed by atoms with E-state index in [1.54, 1.807) is 36.4 Å². The highest BCUT2D eigenvalue weighted by molar-refractivity contribution is 5.74. The Morgan fingerprint density at radius 1 is 0.786 bits per heavy atom. The number of halogens is 3. The van der Waals surface area contributed by atoms with Crippen molar-refractivity contribution in [2.75, 3.05) is 6.61 Å². The van der Waals surface area contributed by atoms with E-state index in [9.17, 15) is 8.78 Å². The van der Waals surface area contributed by atoms with Crippen LogP contribution in [0.5, 0.6) is 5.75 Å². The van der Waals surface area contributed by atoms with Crippen molar-refractivity contribution in [2.24, 2.45) is 5.92 Å². The molecule has 1 atom stereocenters. The molecule has 224 valence electrons. The zero-order valence-corrected chi connectivity index (χ0v) is 25.2. The number of ether oxygens (including phenoxy) is 1. The third kappa shape index (κ3) is 8.63. The minimum absolute atomic E-state index is 0.0572. The van der Waals surface area contributed by atoms with Gasteiger partial charge >= 0.3 is 0 Å². The Kier molecular flexibility index (Phi) is 12.4. The quantitative estimate of drug-likeness (QED) is 0.130. The molecule has 42 heavy (non-hydrogen) atoms. The van der Waals surface area contributed by atoms with E-state index >= 15 is 4.39 Å². The summed E-state index contributed by atoms with van der Waals surface area (Å²) >= 11 is 0. The van der Waals surface area contributed by atoms with Crippen LogP contribution in [0.2, 0.25) is 0 Å². The van der Waals surface area contributed by atoms with E-state index < -0.39 is 11.6 Å². The fraction of sp³-hybridized carbons (Fsp3) is 0.421. The first-order chi connectivity index (χ1) is 20.5. The van der Waals surface area contributed by atoms with Crippen molar-refractivity contribution in [2.45, 2.75) is 90.9 Å². The van der Waals surface area contributed by atoms with Crippen molar-refractivity contribution < 1.29 is 17.9 Å². The molecule has 0 aliphatic heterocycles. The SMILES string of the molecule is C/C=C/CCC1CC=C(c2ccc(-c3ccc(-c4ccc(OCCCCCCCCC)c(F)c4F)cc3)c(F)c2)CC1. The summed E-state index contributed by atoms with van der Waals surface area (Å²) in [6.45, 7) is 4.62. The Labute approximate surface area is 250 Å². The maximum atomic E-state index is 15.2. The van der Waals surface area contributed by atoms with Gasteiger partial charge in [-0.1, -0.05) is 100 Å². The van der Waals surface area contributed by atoms with Crippen LogP contribution in [0.4, 0.5) is 13.2 Å². The highest BCUT2D eigenvalue weighted by Gasteiger charge is 2.18. The van der Waals surface area contributed by atoms with Crippen LogP contribution < -0.4 is 4.74 Å². The van der Waals surface area contributed by atoms with Gasteiger partial charge in [-0.05, 0) is 91.8 Å². The zero-order chi connectivity index (χ0) is 29.7. The highest BCUT2D eigenvalue weighted by Crippen LogP contribution is 2.35. The highest BCUT2D eigenvalue weighted by atomic mass is 19.2. The van der Waals surface area contributed by atoms with Gasteiger partial charge in [0.1, 0.15) is 5.82 Å². The Morgan fingerprint density at radius 3 is 2.12 bits per heavy atom. The van der Waals surface area contributed by atoms with Crippen LogP contribution in [0.15, 0.2) is 72.8 Å². The van der Waals surface area contributed by atoms with E-state index in [4.69, 9.17) is 4.74 Å². The smallest absolute Gasteiger partial charge is 0.201 e. The van der Waals surface area contributed by atoms with Crippen LogP contribution in [0.3, 0.4) is 0 Å². The summed E-state index contributed by atoms with van der Waals surface area (Å²) in [5.74, 6) is -1.54. The number of benzene rings is 3. The van der Waals surface area contributed by atoms with Crippen LogP contribution in [-0.4, -0.2) is 6.61 Å². The van der Waals surface area contributed by atoms with E-state index in [-0.39, 0.29) is 17.1 Å². The largest absolute Gasteiger partial charge is 0.490 e. The van der Waals surface area contributed by atoms with E-state index in [2.05, 4.69) is 32.1 Å². The summed E-state index contributed by atoms with van der Waals surface area (Å²) in [6.07, 6.45) is 20.0. The third-order valence-corrected chi connectivity index (χ3v) is 8.40. The molecule has 0 aromatic heterocycles. The van der Waals surface area contributed by atoms with E-state index in [1.165, 1.54) is 43.7 Å². The van der Waals surface area contributed by atoms with Crippen molar-refractivity contribution in [3.63, 3.8) is 0 Å². The first-order valence-electron chi connectivity index (χ1n) is 15.8. The summed E-state index contributed by atoms with van der Waals surface area (Å²) in [4.78, 5) is 0. The Bertz CT molecular complexity index is 1340. The lowest BCUT2D eigenvalue weighted by molar-refractivity contribution is 0.285. The van der Waals surface area contributed by atoms with Crippen molar-refractivity contribution in [3.8, 4) is 28.0 Å². The molecule has 1 aliphatic carbocycles. The topological polar surface area (TPSA) is 9.23 Å². The van der Waals surface area contributed by atoms with Crippen LogP contribution in [0, 0.1) is 23.4 Å². The summed E-state index contributed by atoms with van der Waals surface area (Å²) in [6, 6.07) is 15.4. The minimum atomic E-state index is -0.970. The Balaban J connectivity index is 1.35. The molecule has 0 bridgehead atoms. The maximum Gasteiger partial charge on any atom is 0.201 e. The second-order valence-corrected chi connectivity index (χ2v) is 11.5. The van der Waals surface area contributed by atoms with Gasteiger partial charge in [-0.3, -0.25) is 0 Å². The van der Waals surface area contributed by atoms with Gasteiger partial charge in [-0.25, -0.2) is 8.78 Å². The monoisotopic (exact) mass is 574 g/mol. The second kappa shape index (κ2) is 16.4. The number of hydrogen-bond acceptors (Lipinski definition) is 1. The van der Waals surface area contributed by atoms with Gasteiger partial charge in [-0.15, -0.1) is 0 Å².